The van der Waals surface area contributed by atoms with Crippen LogP contribution in [0.3, 0.4) is 0 Å². The first-order valence-electron chi connectivity index (χ1n) is 2.88. The number of nitrogens with zero attached hydrogens (tertiary/aromatic N) is 1. The zero-order valence-electron chi connectivity index (χ0n) is 5.84. The standard InChI is InChI=1S/C6H8N2O2/c1-4(9)5-3-10-6(7-2)8-5/h3H,1-2H3,(H,7,8). The molecule has 1 heterocycles. The van der Waals surface area contributed by atoms with Crippen molar-refractivity contribution < 1.29 is 9.21 Å². The highest BCUT2D eigenvalue weighted by molar-refractivity contribution is 5.91. The van der Waals surface area contributed by atoms with Gasteiger partial charge in [0.05, 0.1) is 0 Å². The van der Waals surface area contributed by atoms with E-state index in [1.807, 2.05) is 0 Å². The van der Waals surface area contributed by atoms with Gasteiger partial charge in [-0.15, -0.1) is 0 Å². The maximum absolute atomic E-state index is 10.6. The SMILES string of the molecule is CNc1nc(C(C)=O)co1. The summed E-state index contributed by atoms with van der Waals surface area (Å²) in [5.41, 5.74) is 0.351. The third-order valence-electron chi connectivity index (χ3n) is 1.08. The fourth-order valence-corrected chi connectivity index (χ4v) is 0.550. The molecule has 0 unspecified atom stereocenters. The summed E-state index contributed by atoms with van der Waals surface area (Å²) in [4.78, 5) is 14.4. The van der Waals surface area contributed by atoms with E-state index in [0.717, 1.165) is 0 Å². The maximum atomic E-state index is 10.6. The Morgan fingerprint density at radius 1 is 1.80 bits per heavy atom. The number of hydrogen-bond acceptors (Lipinski definition) is 4. The molecule has 54 valence electrons. The summed E-state index contributed by atoms with van der Waals surface area (Å²) in [6.07, 6.45) is 1.33. The Hall–Kier alpha value is -1.32. The number of aromatic nitrogens is 1. The van der Waals surface area contributed by atoms with Crippen LogP contribution in [0.4, 0.5) is 6.01 Å². The minimum Gasteiger partial charge on any atom is -0.431 e. The predicted molar refractivity (Wildman–Crippen MR) is 36.1 cm³/mol. The van der Waals surface area contributed by atoms with E-state index < -0.39 is 0 Å². The van der Waals surface area contributed by atoms with Crippen LogP contribution in [0.2, 0.25) is 0 Å². The quantitative estimate of drug-likeness (QED) is 0.620. The molecule has 10 heavy (non-hydrogen) atoms. The van der Waals surface area contributed by atoms with E-state index in [4.69, 9.17) is 4.42 Å². The van der Waals surface area contributed by atoms with Gasteiger partial charge in [0.1, 0.15) is 12.0 Å². The molecule has 0 fully saturated rings. The summed E-state index contributed by atoms with van der Waals surface area (Å²) in [6.45, 7) is 1.44. The van der Waals surface area contributed by atoms with Crippen LogP contribution in [0.15, 0.2) is 10.7 Å². The first-order chi connectivity index (χ1) is 4.74. The smallest absolute Gasteiger partial charge is 0.294 e. The minimum absolute atomic E-state index is 0.0924. The average Bonchev–Trinajstić information content (AvgIpc) is 2.34. The van der Waals surface area contributed by atoms with Crippen LogP contribution in [0.25, 0.3) is 0 Å². The third kappa shape index (κ3) is 1.15. The second-order valence-electron chi connectivity index (χ2n) is 1.84. The third-order valence-corrected chi connectivity index (χ3v) is 1.08. The molecule has 0 spiro atoms. The van der Waals surface area contributed by atoms with Gasteiger partial charge in [0.2, 0.25) is 0 Å². The van der Waals surface area contributed by atoms with Gasteiger partial charge in [-0.1, -0.05) is 0 Å². The number of oxazole rings is 1. The summed E-state index contributed by atoms with van der Waals surface area (Å²) in [7, 11) is 1.68. The lowest BCUT2D eigenvalue weighted by Gasteiger charge is -1.84. The number of ketones is 1. The lowest BCUT2D eigenvalue weighted by Crippen LogP contribution is -1.93. The average molecular weight is 140 g/mol. The lowest BCUT2D eigenvalue weighted by atomic mass is 10.4. The Morgan fingerprint density at radius 3 is 2.80 bits per heavy atom. The molecule has 0 radical (unpaired) electrons. The van der Waals surface area contributed by atoms with E-state index in [2.05, 4.69) is 10.3 Å². The molecule has 1 N–H and O–H groups in total. The molecule has 1 rings (SSSR count). The highest BCUT2D eigenvalue weighted by Crippen LogP contribution is 2.05. The molecule has 0 atom stereocenters. The second kappa shape index (κ2) is 2.51. The molecule has 0 saturated carbocycles. The van der Waals surface area contributed by atoms with Gasteiger partial charge >= 0.3 is 0 Å². The van der Waals surface area contributed by atoms with Gasteiger partial charge in [0, 0.05) is 14.0 Å². The Morgan fingerprint density at radius 2 is 2.50 bits per heavy atom. The van der Waals surface area contributed by atoms with Crippen LogP contribution in [0.5, 0.6) is 0 Å². The van der Waals surface area contributed by atoms with Crippen molar-refractivity contribution in [1.82, 2.24) is 4.98 Å². The van der Waals surface area contributed by atoms with Gasteiger partial charge in [0.15, 0.2) is 5.78 Å². The zero-order valence-corrected chi connectivity index (χ0v) is 5.84. The molecule has 1 aromatic heterocycles. The van der Waals surface area contributed by atoms with E-state index >= 15 is 0 Å². The number of carbonyl (C=O) groups is 1. The Labute approximate surface area is 58.3 Å². The zero-order chi connectivity index (χ0) is 7.56. The van der Waals surface area contributed by atoms with Crippen molar-refractivity contribution >= 4 is 11.8 Å². The highest BCUT2D eigenvalue weighted by Gasteiger charge is 2.04. The molecular weight excluding hydrogens is 132 g/mol. The molecule has 0 aliphatic rings. The number of anilines is 1. The van der Waals surface area contributed by atoms with Crippen molar-refractivity contribution in [3.63, 3.8) is 0 Å². The molecule has 0 bridgehead atoms. The summed E-state index contributed by atoms with van der Waals surface area (Å²) in [5.74, 6) is -0.0924. The van der Waals surface area contributed by atoms with E-state index in [0.29, 0.717) is 11.7 Å². The number of hydrogen-bond donors (Lipinski definition) is 1. The van der Waals surface area contributed by atoms with Gasteiger partial charge in [-0.3, -0.25) is 4.79 Å². The summed E-state index contributed by atoms with van der Waals surface area (Å²) >= 11 is 0. The molecular formula is C6H8N2O2. The highest BCUT2D eigenvalue weighted by atomic mass is 16.4. The van der Waals surface area contributed by atoms with Crippen molar-refractivity contribution in [3.8, 4) is 0 Å². The first-order valence-corrected chi connectivity index (χ1v) is 2.88. The Balaban J connectivity index is 2.88. The second-order valence-corrected chi connectivity index (χ2v) is 1.84. The van der Waals surface area contributed by atoms with Gasteiger partial charge in [-0.05, 0) is 0 Å². The lowest BCUT2D eigenvalue weighted by molar-refractivity contribution is 0.101. The minimum atomic E-state index is -0.0924. The van der Waals surface area contributed by atoms with Crippen LogP contribution in [-0.4, -0.2) is 17.8 Å². The summed E-state index contributed by atoms with van der Waals surface area (Å²) < 4.78 is 4.83. The molecule has 4 heteroatoms. The van der Waals surface area contributed by atoms with Gasteiger partial charge in [0.25, 0.3) is 6.01 Å². The van der Waals surface area contributed by atoms with Crippen LogP contribution < -0.4 is 5.32 Å². The van der Waals surface area contributed by atoms with Crippen LogP contribution in [0, 0.1) is 0 Å². The number of Topliss-reactive ketones (excluding diaryl/α,β-unsaturated/α-hetero) is 1. The molecule has 4 nitrogen and oxygen atoms in total. The van der Waals surface area contributed by atoms with Crippen molar-refractivity contribution in [1.29, 1.82) is 0 Å². The molecule has 1 aromatic rings. The molecule has 0 saturated heterocycles. The van der Waals surface area contributed by atoms with E-state index in [9.17, 15) is 4.79 Å². The fraction of sp³-hybridized carbons (Fsp3) is 0.333. The monoisotopic (exact) mass is 140 g/mol. The topological polar surface area (TPSA) is 55.1 Å². The predicted octanol–water partition coefficient (Wildman–Crippen LogP) is 0.919. The summed E-state index contributed by atoms with van der Waals surface area (Å²) in [5, 5.41) is 2.67. The Kier molecular flexibility index (Phi) is 1.71. The van der Waals surface area contributed by atoms with Gasteiger partial charge < -0.3 is 9.73 Å². The van der Waals surface area contributed by atoms with Crippen molar-refractivity contribution in [2.45, 2.75) is 6.92 Å². The van der Waals surface area contributed by atoms with E-state index in [1.165, 1.54) is 13.2 Å². The van der Waals surface area contributed by atoms with Gasteiger partial charge in [-0.25, -0.2) is 0 Å². The van der Waals surface area contributed by atoms with Crippen molar-refractivity contribution in [2.24, 2.45) is 0 Å². The number of nitrogens with one attached hydrogen (secondary N) is 1. The molecule has 0 aliphatic heterocycles. The van der Waals surface area contributed by atoms with Crippen molar-refractivity contribution in [2.75, 3.05) is 12.4 Å². The fourth-order valence-electron chi connectivity index (χ4n) is 0.550. The van der Waals surface area contributed by atoms with Crippen LogP contribution in [0.1, 0.15) is 17.4 Å². The number of rotatable bonds is 2. The molecule has 0 aromatic carbocycles. The molecule has 0 aliphatic carbocycles. The normalized spacial score (nSPS) is 9.40. The molecule has 0 amide bonds. The Bertz CT molecular complexity index is 242. The van der Waals surface area contributed by atoms with Crippen LogP contribution >= 0.6 is 0 Å². The van der Waals surface area contributed by atoms with E-state index in [-0.39, 0.29) is 5.78 Å². The first kappa shape index (κ1) is 6.80. The van der Waals surface area contributed by atoms with Crippen molar-refractivity contribution in [3.05, 3.63) is 12.0 Å². The van der Waals surface area contributed by atoms with Gasteiger partial charge in [-0.2, -0.15) is 4.98 Å². The maximum Gasteiger partial charge on any atom is 0.294 e. The summed E-state index contributed by atoms with van der Waals surface area (Å²) in [6, 6.07) is 0.366. The largest absolute Gasteiger partial charge is 0.431 e. The van der Waals surface area contributed by atoms with Crippen LogP contribution in [-0.2, 0) is 0 Å². The number of carbonyl (C=O) groups excluding carboxylic acids is 1. The van der Waals surface area contributed by atoms with E-state index in [1.54, 1.807) is 7.05 Å².